The van der Waals surface area contributed by atoms with Crippen LogP contribution in [0.3, 0.4) is 0 Å². The number of amides is 1. The summed E-state index contributed by atoms with van der Waals surface area (Å²) < 4.78 is 0. The second kappa shape index (κ2) is 15.4. The summed E-state index contributed by atoms with van der Waals surface area (Å²) in [6.07, 6.45) is 9.32. The molecule has 0 saturated carbocycles. The summed E-state index contributed by atoms with van der Waals surface area (Å²) >= 11 is 1.40. The van der Waals surface area contributed by atoms with Crippen LogP contribution < -0.4 is 0 Å². The third-order valence-corrected chi connectivity index (χ3v) is 6.55. The predicted octanol–water partition coefficient (Wildman–Crippen LogP) is 6.67. The molecule has 0 radical (unpaired) electrons. The van der Waals surface area contributed by atoms with Gasteiger partial charge in [-0.3, -0.25) is 9.63 Å². The molecule has 7 heteroatoms. The fourth-order valence-corrected chi connectivity index (χ4v) is 4.62. The first kappa shape index (κ1) is 27.6. The molecule has 0 fully saturated rings. The van der Waals surface area contributed by atoms with Crippen molar-refractivity contribution in [2.45, 2.75) is 111 Å². The summed E-state index contributed by atoms with van der Waals surface area (Å²) in [5.74, 6) is -0.609. The Kier molecular flexibility index (Phi) is 13.7. The maximum Gasteiger partial charge on any atom is 0.355 e. The second-order valence-corrected chi connectivity index (χ2v) is 9.52. The van der Waals surface area contributed by atoms with Gasteiger partial charge in [-0.15, -0.1) is 11.3 Å². The van der Waals surface area contributed by atoms with E-state index in [2.05, 4.69) is 39.6 Å². The summed E-state index contributed by atoms with van der Waals surface area (Å²) in [6.45, 7) is 11.2. The summed E-state index contributed by atoms with van der Waals surface area (Å²) in [5.41, 5.74) is 0.102. The standard InChI is InChI=1S/C24H42N2O4S/c1-6-9-11-12-15-30-26(22(27)14-10-7-2)21(18(4)5)16-19(13-8-3)23-25-20(17-31-23)24(28)29/h17-19,21H,6-16H2,1-5H3,(H,28,29). The molecule has 1 aromatic heterocycles. The first-order chi connectivity index (χ1) is 14.8. The quantitative estimate of drug-likeness (QED) is 0.210. The van der Waals surface area contributed by atoms with Gasteiger partial charge >= 0.3 is 5.97 Å². The highest BCUT2D eigenvalue weighted by molar-refractivity contribution is 7.09. The van der Waals surface area contributed by atoms with Gasteiger partial charge in [0.1, 0.15) is 0 Å². The molecule has 0 aliphatic carbocycles. The van der Waals surface area contributed by atoms with E-state index in [0.29, 0.717) is 13.0 Å². The minimum absolute atomic E-state index is 0.0525. The smallest absolute Gasteiger partial charge is 0.355 e. The molecule has 0 saturated heterocycles. The summed E-state index contributed by atoms with van der Waals surface area (Å²) in [6, 6.07) is -0.0655. The molecule has 1 N–H and O–H groups in total. The van der Waals surface area contributed by atoms with Crippen LogP contribution >= 0.6 is 11.3 Å². The molecule has 6 nitrogen and oxygen atoms in total. The third kappa shape index (κ3) is 9.69. The van der Waals surface area contributed by atoms with Crippen LogP contribution in [0.25, 0.3) is 0 Å². The number of hydrogen-bond donors (Lipinski definition) is 1. The lowest BCUT2D eigenvalue weighted by molar-refractivity contribution is -0.207. The van der Waals surface area contributed by atoms with Crippen molar-refractivity contribution in [3.63, 3.8) is 0 Å². The number of unbranched alkanes of at least 4 members (excludes halogenated alkanes) is 4. The molecule has 0 spiro atoms. The van der Waals surface area contributed by atoms with Gasteiger partial charge in [-0.1, -0.05) is 66.7 Å². The Morgan fingerprint density at radius 1 is 1.10 bits per heavy atom. The van der Waals surface area contributed by atoms with Gasteiger partial charge in [0.05, 0.1) is 17.7 Å². The highest BCUT2D eigenvalue weighted by atomic mass is 32.1. The van der Waals surface area contributed by atoms with Gasteiger partial charge in [0.25, 0.3) is 0 Å². The van der Waals surface area contributed by atoms with Crippen molar-refractivity contribution in [3.05, 3.63) is 16.1 Å². The number of hydrogen-bond acceptors (Lipinski definition) is 5. The van der Waals surface area contributed by atoms with Crippen molar-refractivity contribution in [2.24, 2.45) is 5.92 Å². The molecule has 2 atom stereocenters. The fourth-order valence-electron chi connectivity index (χ4n) is 3.68. The molecule has 0 bridgehead atoms. The molecule has 178 valence electrons. The van der Waals surface area contributed by atoms with Crippen molar-refractivity contribution in [3.8, 4) is 0 Å². The molecule has 31 heavy (non-hydrogen) atoms. The number of nitrogens with zero attached hydrogens (tertiary/aromatic N) is 2. The highest BCUT2D eigenvalue weighted by Crippen LogP contribution is 2.33. The first-order valence-corrected chi connectivity index (χ1v) is 12.9. The minimum Gasteiger partial charge on any atom is -0.476 e. The highest BCUT2D eigenvalue weighted by Gasteiger charge is 2.31. The Labute approximate surface area is 192 Å². The maximum absolute atomic E-state index is 13.0. The van der Waals surface area contributed by atoms with Crippen LogP contribution in [0, 0.1) is 5.92 Å². The van der Waals surface area contributed by atoms with Gasteiger partial charge in [0.2, 0.25) is 5.91 Å². The minimum atomic E-state index is -0.995. The zero-order valence-corrected chi connectivity index (χ0v) is 20.9. The Hall–Kier alpha value is -1.47. The largest absolute Gasteiger partial charge is 0.476 e. The molecule has 0 aromatic carbocycles. The lowest BCUT2D eigenvalue weighted by atomic mass is 9.89. The van der Waals surface area contributed by atoms with E-state index in [9.17, 15) is 14.7 Å². The zero-order valence-electron chi connectivity index (χ0n) is 20.1. The van der Waals surface area contributed by atoms with Gasteiger partial charge in [-0.2, -0.15) is 0 Å². The van der Waals surface area contributed by atoms with E-state index in [-0.39, 0.29) is 29.5 Å². The molecule has 0 aliphatic heterocycles. The average Bonchev–Trinajstić information content (AvgIpc) is 3.23. The van der Waals surface area contributed by atoms with Crippen molar-refractivity contribution in [2.75, 3.05) is 6.61 Å². The SMILES string of the molecule is CCCCCCON(C(=O)CCCC)C(CC(CCC)c1nc(C(=O)O)cs1)C(C)C. The lowest BCUT2D eigenvalue weighted by Gasteiger charge is -2.35. The van der Waals surface area contributed by atoms with Crippen molar-refractivity contribution >= 4 is 23.2 Å². The molecular weight excluding hydrogens is 412 g/mol. The van der Waals surface area contributed by atoms with Gasteiger partial charge in [0, 0.05) is 17.7 Å². The van der Waals surface area contributed by atoms with Gasteiger partial charge in [0.15, 0.2) is 5.69 Å². The monoisotopic (exact) mass is 454 g/mol. The second-order valence-electron chi connectivity index (χ2n) is 8.63. The maximum atomic E-state index is 13.0. The number of thiazole rings is 1. The van der Waals surface area contributed by atoms with Crippen LogP contribution in [0.1, 0.15) is 120 Å². The number of rotatable bonds is 17. The van der Waals surface area contributed by atoms with Gasteiger partial charge < -0.3 is 5.11 Å². The summed E-state index contributed by atoms with van der Waals surface area (Å²) in [5, 5.41) is 13.4. The van der Waals surface area contributed by atoms with Crippen LogP contribution in [0.2, 0.25) is 0 Å². The molecule has 1 heterocycles. The van der Waals surface area contributed by atoms with Crippen LogP contribution in [0.4, 0.5) is 0 Å². The van der Waals surface area contributed by atoms with Gasteiger partial charge in [-0.05, 0) is 31.6 Å². The van der Waals surface area contributed by atoms with Gasteiger partial charge in [-0.25, -0.2) is 14.8 Å². The van der Waals surface area contributed by atoms with Crippen LogP contribution in [0.5, 0.6) is 0 Å². The Balaban J connectivity index is 3.02. The number of carbonyl (C=O) groups excluding carboxylic acids is 1. The molecule has 1 amide bonds. The predicted molar refractivity (Wildman–Crippen MR) is 126 cm³/mol. The number of aromatic nitrogens is 1. The van der Waals surface area contributed by atoms with E-state index in [1.54, 1.807) is 10.4 Å². The van der Waals surface area contributed by atoms with E-state index < -0.39 is 5.97 Å². The number of carboxylic acid groups (broad SMARTS) is 1. The number of hydroxylamine groups is 2. The molecule has 2 unspecified atom stereocenters. The Bertz CT molecular complexity index is 647. The number of aromatic carboxylic acids is 1. The van der Waals surface area contributed by atoms with Crippen molar-refractivity contribution in [1.82, 2.24) is 10.0 Å². The Morgan fingerprint density at radius 3 is 2.35 bits per heavy atom. The van der Waals surface area contributed by atoms with E-state index in [1.165, 1.54) is 24.2 Å². The van der Waals surface area contributed by atoms with Crippen LogP contribution in [0.15, 0.2) is 5.38 Å². The first-order valence-electron chi connectivity index (χ1n) is 12.0. The van der Waals surface area contributed by atoms with Crippen molar-refractivity contribution < 1.29 is 19.5 Å². The van der Waals surface area contributed by atoms with E-state index in [1.807, 2.05) is 0 Å². The topological polar surface area (TPSA) is 79.7 Å². The average molecular weight is 455 g/mol. The lowest BCUT2D eigenvalue weighted by Crippen LogP contribution is -2.44. The Morgan fingerprint density at radius 2 is 1.81 bits per heavy atom. The summed E-state index contributed by atoms with van der Waals surface area (Å²) in [7, 11) is 0. The van der Waals surface area contributed by atoms with Crippen molar-refractivity contribution in [1.29, 1.82) is 0 Å². The third-order valence-electron chi connectivity index (χ3n) is 5.54. The van der Waals surface area contributed by atoms with Crippen LogP contribution in [-0.4, -0.2) is 39.7 Å². The number of carbonyl (C=O) groups is 2. The zero-order chi connectivity index (χ0) is 23.2. The van der Waals surface area contributed by atoms with Crippen LogP contribution in [-0.2, 0) is 9.63 Å². The number of carboxylic acids is 1. The fraction of sp³-hybridized carbons (Fsp3) is 0.792. The normalized spacial score (nSPS) is 13.4. The van der Waals surface area contributed by atoms with E-state index in [4.69, 9.17) is 4.84 Å². The molecule has 0 aliphatic rings. The van der Waals surface area contributed by atoms with E-state index >= 15 is 0 Å². The van der Waals surface area contributed by atoms with E-state index in [0.717, 1.165) is 50.0 Å². The molecule has 1 aromatic rings. The molecule has 1 rings (SSSR count). The summed E-state index contributed by atoms with van der Waals surface area (Å²) in [4.78, 5) is 34.8. The molecular formula is C24H42N2O4S.